The lowest BCUT2D eigenvalue weighted by Crippen LogP contribution is -2.30. The molecule has 2 heterocycles. The van der Waals surface area contributed by atoms with Gasteiger partial charge in [0.05, 0.1) is 18.2 Å². The first kappa shape index (κ1) is 17.4. The molecule has 1 N–H and O–H groups in total. The lowest BCUT2D eigenvalue weighted by Gasteiger charge is -2.18. The minimum Gasteiger partial charge on any atom is -0.356 e. The second-order valence-corrected chi connectivity index (χ2v) is 7.27. The molecule has 0 bridgehead atoms. The number of nitrogens with one attached hydrogen (secondary N) is 1. The third-order valence-electron chi connectivity index (χ3n) is 3.75. The highest BCUT2D eigenvalue weighted by atomic mass is 32.1. The average molecular weight is 355 g/mol. The molecule has 1 unspecified atom stereocenters. The van der Waals surface area contributed by atoms with Crippen LogP contribution in [0.3, 0.4) is 0 Å². The van der Waals surface area contributed by atoms with Crippen molar-refractivity contribution in [2.75, 3.05) is 0 Å². The zero-order valence-corrected chi connectivity index (χ0v) is 15.1. The number of benzene rings is 1. The summed E-state index contributed by atoms with van der Waals surface area (Å²) in [6.07, 6.45) is 2.81. The van der Waals surface area contributed by atoms with Crippen molar-refractivity contribution < 1.29 is 9.32 Å². The van der Waals surface area contributed by atoms with Crippen LogP contribution in [0.15, 0.2) is 52.5 Å². The van der Waals surface area contributed by atoms with Crippen LogP contribution in [0, 0.1) is 5.92 Å². The van der Waals surface area contributed by atoms with E-state index < -0.39 is 0 Å². The SMILES string of the molecule is CC(C)CC(NC(=O)Cc1cc(-c2ccccc2)on1)c1nccs1. The lowest BCUT2D eigenvalue weighted by atomic mass is 10.0. The van der Waals surface area contributed by atoms with Crippen LogP contribution >= 0.6 is 11.3 Å². The molecule has 1 aromatic carbocycles. The van der Waals surface area contributed by atoms with Crippen molar-refractivity contribution in [3.8, 4) is 11.3 Å². The van der Waals surface area contributed by atoms with Gasteiger partial charge in [-0.15, -0.1) is 11.3 Å². The number of carbonyl (C=O) groups excluding carboxylic acids is 1. The Morgan fingerprint density at radius 1 is 1.28 bits per heavy atom. The highest BCUT2D eigenvalue weighted by Gasteiger charge is 2.19. The number of hydrogen-bond acceptors (Lipinski definition) is 5. The van der Waals surface area contributed by atoms with Gasteiger partial charge in [-0.3, -0.25) is 4.79 Å². The Morgan fingerprint density at radius 3 is 2.76 bits per heavy atom. The van der Waals surface area contributed by atoms with Crippen molar-refractivity contribution in [1.82, 2.24) is 15.5 Å². The fourth-order valence-corrected chi connectivity index (χ4v) is 3.35. The lowest BCUT2D eigenvalue weighted by molar-refractivity contribution is -0.121. The van der Waals surface area contributed by atoms with E-state index in [-0.39, 0.29) is 18.4 Å². The summed E-state index contributed by atoms with van der Waals surface area (Å²) in [4.78, 5) is 16.8. The van der Waals surface area contributed by atoms with Crippen molar-refractivity contribution in [2.45, 2.75) is 32.7 Å². The maximum atomic E-state index is 12.4. The monoisotopic (exact) mass is 355 g/mol. The van der Waals surface area contributed by atoms with E-state index in [0.717, 1.165) is 17.0 Å². The summed E-state index contributed by atoms with van der Waals surface area (Å²) < 4.78 is 5.35. The summed E-state index contributed by atoms with van der Waals surface area (Å²) in [5.41, 5.74) is 1.57. The quantitative estimate of drug-likeness (QED) is 0.688. The molecule has 0 saturated carbocycles. The van der Waals surface area contributed by atoms with Crippen molar-refractivity contribution in [1.29, 1.82) is 0 Å². The number of rotatable bonds is 7. The molecule has 130 valence electrons. The zero-order chi connectivity index (χ0) is 17.6. The smallest absolute Gasteiger partial charge is 0.226 e. The molecular weight excluding hydrogens is 334 g/mol. The number of aromatic nitrogens is 2. The fourth-order valence-electron chi connectivity index (χ4n) is 2.64. The first-order valence-electron chi connectivity index (χ1n) is 8.31. The molecule has 3 rings (SSSR count). The predicted molar refractivity (Wildman–Crippen MR) is 98.1 cm³/mol. The van der Waals surface area contributed by atoms with E-state index in [0.29, 0.717) is 17.4 Å². The number of hydrogen-bond donors (Lipinski definition) is 1. The molecule has 3 aromatic rings. The van der Waals surface area contributed by atoms with Gasteiger partial charge >= 0.3 is 0 Å². The number of thiazole rings is 1. The Kier molecular flexibility index (Phi) is 5.60. The van der Waals surface area contributed by atoms with Crippen LogP contribution in [0.2, 0.25) is 0 Å². The Bertz CT molecular complexity index is 797. The van der Waals surface area contributed by atoms with E-state index >= 15 is 0 Å². The Labute approximate surface area is 151 Å². The van der Waals surface area contributed by atoms with Gasteiger partial charge in [0.25, 0.3) is 0 Å². The molecule has 0 aliphatic heterocycles. The van der Waals surface area contributed by atoms with Gasteiger partial charge in [0, 0.05) is 23.2 Å². The standard InChI is InChI=1S/C19H21N3O2S/c1-13(2)10-16(19-20-8-9-25-19)21-18(23)12-15-11-17(24-22-15)14-6-4-3-5-7-14/h3-9,11,13,16H,10,12H2,1-2H3,(H,21,23). The maximum absolute atomic E-state index is 12.4. The van der Waals surface area contributed by atoms with E-state index in [2.05, 4.69) is 29.3 Å². The number of nitrogens with zero attached hydrogens (tertiary/aromatic N) is 2. The minimum absolute atomic E-state index is 0.0620. The van der Waals surface area contributed by atoms with Gasteiger partial charge in [-0.25, -0.2) is 4.98 Å². The predicted octanol–water partition coefficient (Wildman–Crippen LogP) is 4.24. The topological polar surface area (TPSA) is 68.0 Å². The summed E-state index contributed by atoms with van der Waals surface area (Å²) >= 11 is 1.56. The number of carbonyl (C=O) groups is 1. The molecule has 0 saturated heterocycles. The third kappa shape index (κ3) is 4.76. The zero-order valence-electron chi connectivity index (χ0n) is 14.3. The molecule has 1 amide bonds. The van der Waals surface area contributed by atoms with Gasteiger partial charge in [0.15, 0.2) is 5.76 Å². The largest absolute Gasteiger partial charge is 0.356 e. The normalized spacial score (nSPS) is 12.3. The summed E-state index contributed by atoms with van der Waals surface area (Å²) in [7, 11) is 0. The van der Waals surface area contributed by atoms with Crippen molar-refractivity contribution >= 4 is 17.2 Å². The summed E-state index contributed by atoms with van der Waals surface area (Å²) in [6, 6.07) is 11.5. The molecule has 0 fully saturated rings. The van der Waals surface area contributed by atoms with Gasteiger partial charge in [0.2, 0.25) is 5.91 Å². The van der Waals surface area contributed by atoms with Crippen molar-refractivity contribution in [3.63, 3.8) is 0 Å². The van der Waals surface area contributed by atoms with Gasteiger partial charge in [0.1, 0.15) is 5.01 Å². The molecule has 25 heavy (non-hydrogen) atoms. The summed E-state index contributed by atoms with van der Waals surface area (Å²) in [6.45, 7) is 4.27. The van der Waals surface area contributed by atoms with Crippen LogP contribution in [-0.4, -0.2) is 16.0 Å². The fraction of sp³-hybridized carbons (Fsp3) is 0.316. The Hall–Kier alpha value is -2.47. The summed E-state index contributed by atoms with van der Waals surface area (Å²) in [5.74, 6) is 1.06. The second kappa shape index (κ2) is 8.07. The highest BCUT2D eigenvalue weighted by Crippen LogP contribution is 2.24. The van der Waals surface area contributed by atoms with E-state index in [1.807, 2.05) is 41.8 Å². The van der Waals surface area contributed by atoms with Crippen LogP contribution in [0.4, 0.5) is 0 Å². The molecule has 0 radical (unpaired) electrons. The molecule has 1 atom stereocenters. The van der Waals surface area contributed by atoms with Crippen LogP contribution in [0.25, 0.3) is 11.3 Å². The third-order valence-corrected chi connectivity index (χ3v) is 4.64. The molecular formula is C19H21N3O2S. The average Bonchev–Trinajstić information content (AvgIpc) is 3.26. The second-order valence-electron chi connectivity index (χ2n) is 6.35. The van der Waals surface area contributed by atoms with Crippen LogP contribution < -0.4 is 5.32 Å². The van der Waals surface area contributed by atoms with Gasteiger partial charge < -0.3 is 9.84 Å². The van der Waals surface area contributed by atoms with E-state index in [1.54, 1.807) is 17.5 Å². The van der Waals surface area contributed by atoms with Crippen LogP contribution in [0.5, 0.6) is 0 Å². The van der Waals surface area contributed by atoms with Crippen molar-refractivity contribution in [2.24, 2.45) is 5.92 Å². The van der Waals surface area contributed by atoms with Gasteiger partial charge in [-0.05, 0) is 12.3 Å². The van der Waals surface area contributed by atoms with Gasteiger partial charge in [-0.2, -0.15) is 0 Å². The van der Waals surface area contributed by atoms with E-state index in [1.165, 1.54) is 0 Å². The summed E-state index contributed by atoms with van der Waals surface area (Å²) in [5, 5.41) is 9.96. The van der Waals surface area contributed by atoms with E-state index in [4.69, 9.17) is 4.52 Å². The van der Waals surface area contributed by atoms with E-state index in [9.17, 15) is 4.79 Å². The molecule has 0 spiro atoms. The molecule has 6 heteroatoms. The molecule has 5 nitrogen and oxygen atoms in total. The van der Waals surface area contributed by atoms with Gasteiger partial charge in [-0.1, -0.05) is 49.3 Å². The van der Waals surface area contributed by atoms with Crippen molar-refractivity contribution in [3.05, 3.63) is 58.7 Å². The Morgan fingerprint density at radius 2 is 2.08 bits per heavy atom. The van der Waals surface area contributed by atoms with Crippen LogP contribution in [-0.2, 0) is 11.2 Å². The molecule has 0 aliphatic carbocycles. The first-order valence-corrected chi connectivity index (χ1v) is 9.19. The molecule has 0 aliphatic rings. The maximum Gasteiger partial charge on any atom is 0.226 e. The minimum atomic E-state index is -0.0752. The number of amides is 1. The highest BCUT2D eigenvalue weighted by molar-refractivity contribution is 7.09. The first-order chi connectivity index (χ1) is 12.1. The molecule has 2 aromatic heterocycles. The van der Waals surface area contributed by atoms with Crippen LogP contribution in [0.1, 0.15) is 37.0 Å². The Balaban J connectivity index is 1.64.